The van der Waals surface area contributed by atoms with Crippen LogP contribution in [0.3, 0.4) is 0 Å². The summed E-state index contributed by atoms with van der Waals surface area (Å²) in [4.78, 5) is 6.16. The Morgan fingerprint density at radius 2 is 1.59 bits per heavy atom. The summed E-state index contributed by atoms with van der Waals surface area (Å²) in [5.74, 6) is 0.543. The number of nitrogens with zero attached hydrogens (tertiary/aromatic N) is 1. The zero-order chi connectivity index (χ0) is 24.0. The molecule has 4 rings (SSSR count). The zero-order valence-electron chi connectivity index (χ0n) is 18.1. The molecule has 34 heavy (non-hydrogen) atoms. The van der Waals surface area contributed by atoms with E-state index >= 15 is 0 Å². The van der Waals surface area contributed by atoms with Crippen molar-refractivity contribution >= 4 is 0 Å². The number of H-pyrrole nitrogens is 1. The minimum atomic E-state index is -4.50. The Kier molecular flexibility index (Phi) is 7.27. The van der Waals surface area contributed by atoms with Crippen LogP contribution in [0.25, 0.3) is 0 Å². The van der Waals surface area contributed by atoms with Crippen LogP contribution < -0.4 is 10.1 Å². The standard InChI is InChI=1S/C26H23F4N3O/c27-21-10-8-20(9-11-21)23(31-16-25-32-15-24(33-25)26(28,29)30)14-18-6-12-22(13-7-18)34-17-19-4-2-1-3-5-19/h1-13,15,23,31H,14,16-17H2,(H,32,33). The Balaban J connectivity index is 1.42. The Morgan fingerprint density at radius 3 is 2.24 bits per heavy atom. The van der Waals surface area contributed by atoms with Gasteiger partial charge in [0.25, 0.3) is 0 Å². The van der Waals surface area contributed by atoms with Crippen LogP contribution in [-0.4, -0.2) is 9.97 Å². The van der Waals surface area contributed by atoms with Crippen LogP contribution in [0.4, 0.5) is 17.6 Å². The molecule has 0 saturated heterocycles. The number of imidazole rings is 1. The van der Waals surface area contributed by atoms with Gasteiger partial charge in [-0.05, 0) is 47.4 Å². The molecule has 4 aromatic rings. The van der Waals surface area contributed by atoms with E-state index in [0.29, 0.717) is 13.0 Å². The minimum Gasteiger partial charge on any atom is -0.489 e. The van der Waals surface area contributed by atoms with Crippen LogP contribution in [-0.2, 0) is 25.7 Å². The highest BCUT2D eigenvalue weighted by Gasteiger charge is 2.33. The average molecular weight is 469 g/mol. The summed E-state index contributed by atoms with van der Waals surface area (Å²) >= 11 is 0. The second-order valence-corrected chi connectivity index (χ2v) is 7.84. The molecule has 0 aliphatic rings. The molecule has 4 nitrogen and oxygen atoms in total. The van der Waals surface area contributed by atoms with Crippen LogP contribution in [0.1, 0.15) is 34.3 Å². The maximum absolute atomic E-state index is 13.4. The predicted molar refractivity (Wildman–Crippen MR) is 120 cm³/mol. The molecule has 0 fully saturated rings. The van der Waals surface area contributed by atoms with Gasteiger partial charge in [0.2, 0.25) is 0 Å². The maximum atomic E-state index is 13.4. The highest BCUT2D eigenvalue weighted by Crippen LogP contribution is 2.27. The molecule has 3 aromatic carbocycles. The molecule has 0 bridgehead atoms. The van der Waals surface area contributed by atoms with E-state index in [1.54, 1.807) is 12.1 Å². The first kappa shape index (κ1) is 23.5. The van der Waals surface area contributed by atoms with E-state index in [-0.39, 0.29) is 24.2 Å². The lowest BCUT2D eigenvalue weighted by Gasteiger charge is -2.19. The van der Waals surface area contributed by atoms with Crippen LogP contribution in [0.15, 0.2) is 85.1 Å². The third kappa shape index (κ3) is 6.45. The fraction of sp³-hybridized carbons (Fsp3) is 0.192. The number of benzene rings is 3. The van der Waals surface area contributed by atoms with Crippen molar-refractivity contribution in [2.24, 2.45) is 0 Å². The van der Waals surface area contributed by atoms with Gasteiger partial charge in [-0.15, -0.1) is 0 Å². The molecule has 1 aromatic heterocycles. The summed E-state index contributed by atoms with van der Waals surface area (Å²) < 4.78 is 57.7. The summed E-state index contributed by atoms with van der Waals surface area (Å²) in [6, 6.07) is 23.2. The quantitative estimate of drug-likeness (QED) is 0.286. The van der Waals surface area contributed by atoms with Gasteiger partial charge >= 0.3 is 6.18 Å². The number of aromatic amines is 1. The summed E-state index contributed by atoms with van der Waals surface area (Å²) in [5, 5.41) is 3.23. The lowest BCUT2D eigenvalue weighted by atomic mass is 9.98. The van der Waals surface area contributed by atoms with Gasteiger partial charge in [0.15, 0.2) is 5.69 Å². The van der Waals surface area contributed by atoms with E-state index in [2.05, 4.69) is 15.3 Å². The van der Waals surface area contributed by atoms with Crippen LogP contribution >= 0.6 is 0 Å². The first-order valence-corrected chi connectivity index (χ1v) is 10.7. The van der Waals surface area contributed by atoms with Gasteiger partial charge in [-0.2, -0.15) is 13.2 Å². The van der Waals surface area contributed by atoms with Crippen molar-refractivity contribution in [1.82, 2.24) is 15.3 Å². The number of hydrogen-bond acceptors (Lipinski definition) is 3. The fourth-order valence-electron chi connectivity index (χ4n) is 3.52. The average Bonchev–Trinajstić information content (AvgIpc) is 3.32. The van der Waals surface area contributed by atoms with Crippen molar-refractivity contribution in [2.45, 2.75) is 31.8 Å². The van der Waals surface area contributed by atoms with Crippen molar-refractivity contribution in [3.8, 4) is 5.75 Å². The molecule has 1 unspecified atom stereocenters. The maximum Gasteiger partial charge on any atom is 0.434 e. The minimum absolute atomic E-state index is 0.0936. The molecule has 2 N–H and O–H groups in total. The number of halogens is 4. The molecule has 0 aliphatic heterocycles. The smallest absolute Gasteiger partial charge is 0.434 e. The van der Waals surface area contributed by atoms with Gasteiger partial charge in [0.1, 0.15) is 24.0 Å². The molecule has 1 heterocycles. The largest absolute Gasteiger partial charge is 0.489 e. The number of rotatable bonds is 9. The van der Waals surface area contributed by atoms with Crippen molar-refractivity contribution < 1.29 is 22.3 Å². The monoisotopic (exact) mass is 469 g/mol. The highest BCUT2D eigenvalue weighted by atomic mass is 19.4. The fourth-order valence-corrected chi connectivity index (χ4v) is 3.52. The Hall–Kier alpha value is -3.65. The Bertz CT molecular complexity index is 1170. The van der Waals surface area contributed by atoms with Gasteiger partial charge < -0.3 is 15.0 Å². The summed E-state index contributed by atoms with van der Waals surface area (Å²) in [6.07, 6.45) is -3.12. The summed E-state index contributed by atoms with van der Waals surface area (Å²) in [7, 11) is 0. The van der Waals surface area contributed by atoms with E-state index in [1.165, 1.54) is 12.1 Å². The molecule has 0 spiro atoms. The Labute approximate surface area is 194 Å². The number of nitrogens with one attached hydrogen (secondary N) is 2. The van der Waals surface area contributed by atoms with Gasteiger partial charge in [-0.3, -0.25) is 0 Å². The summed E-state index contributed by atoms with van der Waals surface area (Å²) in [5.41, 5.74) is 1.91. The number of aromatic nitrogens is 2. The van der Waals surface area contributed by atoms with Crippen molar-refractivity contribution in [1.29, 1.82) is 0 Å². The topological polar surface area (TPSA) is 49.9 Å². The van der Waals surface area contributed by atoms with Crippen molar-refractivity contribution in [2.75, 3.05) is 0 Å². The molecule has 1 atom stereocenters. The van der Waals surface area contributed by atoms with Gasteiger partial charge in [0, 0.05) is 12.2 Å². The van der Waals surface area contributed by atoms with Gasteiger partial charge in [0.05, 0.1) is 6.54 Å². The molecule has 0 radical (unpaired) electrons. The van der Waals surface area contributed by atoms with Crippen LogP contribution in [0.5, 0.6) is 5.75 Å². The summed E-state index contributed by atoms with van der Waals surface area (Å²) in [6.45, 7) is 0.555. The van der Waals surface area contributed by atoms with Crippen LogP contribution in [0, 0.1) is 5.82 Å². The van der Waals surface area contributed by atoms with Crippen LogP contribution in [0.2, 0.25) is 0 Å². The second-order valence-electron chi connectivity index (χ2n) is 7.84. The normalized spacial score (nSPS) is 12.5. The van der Waals surface area contributed by atoms with Gasteiger partial charge in [-0.1, -0.05) is 54.6 Å². The lowest BCUT2D eigenvalue weighted by molar-refractivity contribution is -0.140. The third-order valence-corrected chi connectivity index (χ3v) is 5.32. The van der Waals surface area contributed by atoms with E-state index in [4.69, 9.17) is 4.74 Å². The molecule has 0 aliphatic carbocycles. The van der Waals surface area contributed by atoms with Crippen molar-refractivity contribution in [3.63, 3.8) is 0 Å². The first-order chi connectivity index (χ1) is 16.4. The molecule has 0 saturated carbocycles. The van der Waals surface area contributed by atoms with Crippen molar-refractivity contribution in [3.05, 3.63) is 119 Å². The molecule has 176 valence electrons. The van der Waals surface area contributed by atoms with E-state index in [1.807, 2.05) is 54.6 Å². The zero-order valence-corrected chi connectivity index (χ0v) is 18.1. The predicted octanol–water partition coefficient (Wildman–Crippen LogP) is 6.22. The molecule has 8 heteroatoms. The van der Waals surface area contributed by atoms with E-state index < -0.39 is 11.9 Å². The molecular weight excluding hydrogens is 446 g/mol. The second kappa shape index (κ2) is 10.5. The highest BCUT2D eigenvalue weighted by molar-refractivity contribution is 5.30. The number of alkyl halides is 3. The van der Waals surface area contributed by atoms with Gasteiger partial charge in [-0.25, -0.2) is 9.37 Å². The van der Waals surface area contributed by atoms with E-state index in [0.717, 1.165) is 28.6 Å². The third-order valence-electron chi connectivity index (χ3n) is 5.32. The molecular formula is C26H23F4N3O. The Morgan fingerprint density at radius 1 is 0.882 bits per heavy atom. The first-order valence-electron chi connectivity index (χ1n) is 10.7. The SMILES string of the molecule is Fc1ccc(C(Cc2ccc(OCc3ccccc3)cc2)NCc2nc(C(F)(F)F)c[nH]2)cc1. The molecule has 0 amide bonds. The lowest BCUT2D eigenvalue weighted by Crippen LogP contribution is -2.23. The number of hydrogen-bond donors (Lipinski definition) is 2. The number of ether oxygens (including phenoxy) is 1. The van der Waals surface area contributed by atoms with E-state index in [9.17, 15) is 17.6 Å².